The van der Waals surface area contributed by atoms with Gasteiger partial charge in [0.05, 0.1) is 9.75 Å². The maximum absolute atomic E-state index is 12.5. The van der Waals surface area contributed by atoms with Gasteiger partial charge in [-0.05, 0) is 57.1 Å². The third-order valence-electron chi connectivity index (χ3n) is 5.67. The third kappa shape index (κ3) is 5.15. The molecule has 6 nitrogen and oxygen atoms in total. The first-order valence-electron chi connectivity index (χ1n) is 10.7. The first-order valence-corrected chi connectivity index (χ1v) is 11.5. The Morgan fingerprint density at radius 3 is 2.77 bits per heavy atom. The van der Waals surface area contributed by atoms with E-state index in [1.165, 1.54) is 43.4 Å². The van der Waals surface area contributed by atoms with Crippen molar-refractivity contribution in [2.45, 2.75) is 44.6 Å². The molecule has 0 atom stereocenters. The van der Waals surface area contributed by atoms with Gasteiger partial charge in [-0.15, -0.1) is 11.3 Å². The zero-order chi connectivity index (χ0) is 20.8. The Labute approximate surface area is 181 Å². The molecule has 1 saturated carbocycles. The summed E-state index contributed by atoms with van der Waals surface area (Å²) in [4.78, 5) is 20.9. The minimum Gasteiger partial charge on any atom is -0.351 e. The maximum Gasteiger partial charge on any atom is 0.261 e. The van der Waals surface area contributed by atoms with Crippen molar-refractivity contribution < 1.29 is 9.32 Å². The summed E-state index contributed by atoms with van der Waals surface area (Å²) in [6.45, 7) is 1.70. The normalized spacial score (nSPS) is 14.9. The van der Waals surface area contributed by atoms with Crippen molar-refractivity contribution in [2.24, 2.45) is 0 Å². The van der Waals surface area contributed by atoms with E-state index in [-0.39, 0.29) is 5.91 Å². The summed E-state index contributed by atoms with van der Waals surface area (Å²) < 4.78 is 5.37. The fourth-order valence-electron chi connectivity index (χ4n) is 3.92. The monoisotopic (exact) mass is 424 g/mol. The smallest absolute Gasteiger partial charge is 0.261 e. The molecule has 1 aliphatic carbocycles. The van der Waals surface area contributed by atoms with Gasteiger partial charge in [-0.25, -0.2) is 0 Å². The van der Waals surface area contributed by atoms with Crippen LogP contribution in [0.15, 0.2) is 47.0 Å². The number of carbonyl (C=O) groups is 1. The molecule has 1 aromatic carbocycles. The quantitative estimate of drug-likeness (QED) is 0.524. The molecule has 158 valence electrons. The molecule has 2 aromatic heterocycles. The lowest BCUT2D eigenvalue weighted by Crippen LogP contribution is -2.35. The molecule has 0 spiro atoms. The molecule has 30 heavy (non-hydrogen) atoms. The van der Waals surface area contributed by atoms with Crippen molar-refractivity contribution in [1.82, 2.24) is 20.4 Å². The number of rotatable bonds is 8. The van der Waals surface area contributed by atoms with Crippen LogP contribution >= 0.6 is 11.3 Å². The fraction of sp³-hybridized carbons (Fsp3) is 0.435. The van der Waals surface area contributed by atoms with E-state index in [0.29, 0.717) is 29.2 Å². The molecule has 0 bridgehead atoms. The van der Waals surface area contributed by atoms with E-state index in [1.807, 2.05) is 42.5 Å². The zero-order valence-corrected chi connectivity index (χ0v) is 18.2. The maximum atomic E-state index is 12.5. The van der Waals surface area contributed by atoms with Gasteiger partial charge in [-0.3, -0.25) is 4.79 Å². The number of aromatic nitrogens is 2. The number of carbonyl (C=O) groups excluding carboxylic acids is 1. The van der Waals surface area contributed by atoms with Crippen molar-refractivity contribution >= 4 is 17.2 Å². The zero-order valence-electron chi connectivity index (χ0n) is 17.3. The van der Waals surface area contributed by atoms with Crippen molar-refractivity contribution in [3.05, 3.63) is 47.3 Å². The van der Waals surface area contributed by atoms with E-state index in [9.17, 15) is 4.79 Å². The lowest BCUT2D eigenvalue weighted by molar-refractivity contribution is 0.0954. The molecule has 1 fully saturated rings. The first-order chi connectivity index (χ1) is 14.7. The second-order valence-corrected chi connectivity index (χ2v) is 8.92. The molecule has 3 aromatic rings. The lowest BCUT2D eigenvalue weighted by Gasteiger charge is -2.31. The van der Waals surface area contributed by atoms with E-state index in [2.05, 4.69) is 27.4 Å². The second-order valence-electron chi connectivity index (χ2n) is 7.83. The Balaban J connectivity index is 1.26. The number of amides is 1. The van der Waals surface area contributed by atoms with Crippen LogP contribution in [-0.2, 0) is 0 Å². The van der Waals surface area contributed by atoms with Crippen LogP contribution in [0.25, 0.3) is 22.2 Å². The average Bonchev–Trinajstić information content (AvgIpc) is 3.47. The molecule has 2 heterocycles. The summed E-state index contributed by atoms with van der Waals surface area (Å²) in [5, 5.41) is 7.10. The number of nitrogens with zero attached hydrogens (tertiary/aromatic N) is 3. The standard InChI is InChI=1S/C23H28N4O2S/c1-27(18-11-6-3-7-12-18)16-8-15-24-22(28)20-14-13-19(30-20)21-25-23(29-26-21)17-9-4-2-5-10-17/h2,4-5,9-10,13-14,18H,3,6-8,11-12,15-16H2,1H3,(H,24,28). The van der Waals surface area contributed by atoms with Crippen molar-refractivity contribution in [2.75, 3.05) is 20.1 Å². The summed E-state index contributed by atoms with van der Waals surface area (Å²) in [6.07, 6.45) is 7.65. The Morgan fingerprint density at radius 2 is 1.97 bits per heavy atom. The highest BCUT2D eigenvalue weighted by molar-refractivity contribution is 7.17. The van der Waals surface area contributed by atoms with E-state index < -0.39 is 0 Å². The molecule has 4 rings (SSSR count). The molecule has 7 heteroatoms. The predicted molar refractivity (Wildman–Crippen MR) is 120 cm³/mol. The summed E-state index contributed by atoms with van der Waals surface area (Å²) in [5.41, 5.74) is 0.879. The minimum atomic E-state index is -0.0432. The molecule has 0 saturated heterocycles. The van der Waals surface area contributed by atoms with Crippen LogP contribution < -0.4 is 5.32 Å². The number of hydrogen-bond donors (Lipinski definition) is 1. The number of nitrogens with one attached hydrogen (secondary N) is 1. The summed E-state index contributed by atoms with van der Waals surface area (Å²) in [5.74, 6) is 0.942. The van der Waals surface area contributed by atoms with Gasteiger partial charge in [-0.2, -0.15) is 4.98 Å². The van der Waals surface area contributed by atoms with Crippen molar-refractivity contribution in [3.63, 3.8) is 0 Å². The molecular weight excluding hydrogens is 396 g/mol. The SMILES string of the molecule is CN(CCCNC(=O)c1ccc(-c2noc(-c3ccccc3)n2)s1)C1CCCCC1. The average molecular weight is 425 g/mol. The van der Waals surface area contributed by atoms with E-state index in [1.54, 1.807) is 0 Å². The summed E-state index contributed by atoms with van der Waals surface area (Å²) >= 11 is 1.38. The lowest BCUT2D eigenvalue weighted by atomic mass is 9.94. The number of thiophene rings is 1. The number of benzene rings is 1. The largest absolute Gasteiger partial charge is 0.351 e. The van der Waals surface area contributed by atoms with Gasteiger partial charge in [0.2, 0.25) is 5.82 Å². The highest BCUT2D eigenvalue weighted by Gasteiger charge is 2.18. The predicted octanol–water partition coefficient (Wildman–Crippen LogP) is 4.85. The first kappa shape index (κ1) is 20.8. The Morgan fingerprint density at radius 1 is 1.17 bits per heavy atom. The Kier molecular flexibility index (Phi) is 6.92. The Hall–Kier alpha value is -2.51. The molecule has 0 radical (unpaired) electrons. The molecule has 0 unspecified atom stereocenters. The Bertz CT molecular complexity index is 947. The second kappa shape index (κ2) is 10.00. The van der Waals surface area contributed by atoms with Crippen LogP contribution in [0.3, 0.4) is 0 Å². The van der Waals surface area contributed by atoms with E-state index >= 15 is 0 Å². The van der Waals surface area contributed by atoms with Gasteiger partial charge in [0.15, 0.2) is 0 Å². The highest BCUT2D eigenvalue weighted by Crippen LogP contribution is 2.28. The van der Waals surface area contributed by atoms with Crippen molar-refractivity contribution in [1.29, 1.82) is 0 Å². The topological polar surface area (TPSA) is 71.3 Å². The van der Waals surface area contributed by atoms with Crippen LogP contribution in [-0.4, -0.2) is 47.1 Å². The van der Waals surface area contributed by atoms with Crippen LogP contribution in [0, 0.1) is 0 Å². The van der Waals surface area contributed by atoms with Gasteiger partial charge in [0.25, 0.3) is 11.8 Å². The summed E-state index contributed by atoms with van der Waals surface area (Å²) in [6, 6.07) is 14.1. The van der Waals surface area contributed by atoms with E-state index in [0.717, 1.165) is 23.4 Å². The number of hydrogen-bond acceptors (Lipinski definition) is 6. The molecule has 1 amide bonds. The molecule has 1 N–H and O–H groups in total. The molecular formula is C23H28N4O2S. The van der Waals surface area contributed by atoms with Crippen molar-refractivity contribution in [3.8, 4) is 22.2 Å². The van der Waals surface area contributed by atoms with Crippen LogP contribution in [0.5, 0.6) is 0 Å². The van der Waals surface area contributed by atoms with Gasteiger partial charge >= 0.3 is 0 Å². The van der Waals surface area contributed by atoms with Crippen LogP contribution in [0.4, 0.5) is 0 Å². The third-order valence-corrected chi connectivity index (χ3v) is 6.75. The molecule has 1 aliphatic rings. The van der Waals surface area contributed by atoms with E-state index in [4.69, 9.17) is 4.52 Å². The highest BCUT2D eigenvalue weighted by atomic mass is 32.1. The van der Waals surface area contributed by atoms with Crippen LogP contribution in [0.1, 0.15) is 48.2 Å². The fourth-order valence-corrected chi connectivity index (χ4v) is 4.77. The van der Waals surface area contributed by atoms with Gasteiger partial charge < -0.3 is 14.7 Å². The van der Waals surface area contributed by atoms with Gasteiger partial charge in [-0.1, -0.05) is 42.6 Å². The minimum absolute atomic E-state index is 0.0432. The van der Waals surface area contributed by atoms with Gasteiger partial charge in [0.1, 0.15) is 0 Å². The molecule has 0 aliphatic heterocycles. The van der Waals surface area contributed by atoms with Crippen LogP contribution in [0.2, 0.25) is 0 Å². The van der Waals surface area contributed by atoms with Gasteiger partial charge in [0, 0.05) is 18.2 Å². The summed E-state index contributed by atoms with van der Waals surface area (Å²) in [7, 11) is 2.21.